The number of hydrogen-bond acceptors (Lipinski definition) is 5. The van der Waals surface area contributed by atoms with Crippen molar-refractivity contribution in [2.45, 2.75) is 41.5 Å². The summed E-state index contributed by atoms with van der Waals surface area (Å²) in [7, 11) is 0. The number of rotatable bonds is 2. The molecule has 0 saturated heterocycles. The molecule has 0 aromatic heterocycles. The van der Waals surface area contributed by atoms with Crippen LogP contribution >= 0.6 is 0 Å². The van der Waals surface area contributed by atoms with Crippen LogP contribution in [0.15, 0.2) is 0 Å². The Hall–Kier alpha value is -1.16. The van der Waals surface area contributed by atoms with Crippen LogP contribution in [0.5, 0.6) is 0 Å². The van der Waals surface area contributed by atoms with Crippen LogP contribution < -0.4 is 5.32 Å². The molecular weight excluding hydrogens is 309 g/mol. The number of aliphatic carboxylic acids is 4. The van der Waals surface area contributed by atoms with Crippen LogP contribution in [0.4, 0.5) is 0 Å². The van der Waals surface area contributed by atoms with Crippen LogP contribution in [0.3, 0.4) is 0 Å². The van der Waals surface area contributed by atoms with E-state index in [9.17, 15) is 0 Å². The second-order valence-electron chi connectivity index (χ2n) is 3.03. The minimum absolute atomic E-state index is 0. The fraction of sp³-hybridized carbons (Fsp3) is 0.667. The van der Waals surface area contributed by atoms with E-state index in [1.165, 1.54) is 0 Å². The molecule has 0 amide bonds. The Bertz CT molecular complexity index is 206. The Labute approximate surface area is 153 Å². The largest absolute Gasteiger partial charge is 0.481 e. The molecule has 0 spiro atoms. The van der Waals surface area contributed by atoms with Gasteiger partial charge in [0.05, 0.1) is 0 Å². The molecule has 0 saturated carbocycles. The zero-order chi connectivity index (χ0) is 18.4. The topological polar surface area (TPSA) is 161 Å². The van der Waals surface area contributed by atoms with Gasteiger partial charge in [-0.05, 0) is 13.1 Å². The van der Waals surface area contributed by atoms with Gasteiger partial charge >= 0.3 is 0 Å². The maximum Gasteiger partial charge on any atom is 0.300 e. The normalized spacial score (nSPS) is 6.45. The van der Waals surface area contributed by atoms with Gasteiger partial charge in [-0.15, -0.1) is 0 Å². The molecule has 10 heteroatoms. The number of nitrogens with one attached hydrogen (secondary N) is 1. The van der Waals surface area contributed by atoms with Crippen LogP contribution in [0, 0.1) is 0 Å². The Morgan fingerprint density at radius 3 is 0.727 bits per heavy atom. The van der Waals surface area contributed by atoms with Crippen molar-refractivity contribution in [1.29, 1.82) is 0 Å². The molecule has 5 N–H and O–H groups in total. The zero-order valence-corrected chi connectivity index (χ0v) is 16.3. The van der Waals surface area contributed by atoms with Crippen molar-refractivity contribution in [1.82, 2.24) is 5.32 Å². The molecule has 0 aromatic carbocycles. The van der Waals surface area contributed by atoms with E-state index in [0.717, 1.165) is 40.8 Å². The van der Waals surface area contributed by atoms with E-state index < -0.39 is 23.9 Å². The molecule has 129 valence electrons. The molecule has 0 atom stereocenters. The van der Waals surface area contributed by atoms with Gasteiger partial charge in [0, 0.05) is 57.3 Å². The predicted octanol–water partition coefficient (Wildman–Crippen LogP) is 0.599. The van der Waals surface area contributed by atoms with Gasteiger partial charge in [0.1, 0.15) is 0 Å². The summed E-state index contributed by atoms with van der Waals surface area (Å²) in [6.45, 7) is 10.7. The maximum absolute atomic E-state index is 9.00. The molecule has 0 unspecified atom stereocenters. The van der Waals surface area contributed by atoms with Crippen molar-refractivity contribution < 1.29 is 39.6 Å². The van der Waals surface area contributed by atoms with Crippen LogP contribution in [-0.2, 0) is 19.2 Å². The van der Waals surface area contributed by atoms with Gasteiger partial charge < -0.3 is 25.7 Å². The average molecular weight is 336 g/mol. The van der Waals surface area contributed by atoms with Gasteiger partial charge in [0.25, 0.3) is 23.9 Å². The molecule has 0 aromatic rings. The molecule has 1 radical (unpaired) electrons. The summed E-state index contributed by atoms with van der Waals surface area (Å²) in [6.07, 6.45) is 0. The quantitative estimate of drug-likeness (QED) is 0.454. The third kappa shape index (κ3) is 8500. The Morgan fingerprint density at radius 2 is 0.727 bits per heavy atom. The summed E-state index contributed by atoms with van der Waals surface area (Å²) in [5.74, 6) is -3.33. The van der Waals surface area contributed by atoms with Crippen molar-refractivity contribution in [2.75, 3.05) is 13.1 Å². The van der Waals surface area contributed by atoms with Gasteiger partial charge in [0.2, 0.25) is 0 Å². The molecule has 9 nitrogen and oxygen atoms in total. The van der Waals surface area contributed by atoms with Crippen LogP contribution in [0.25, 0.3) is 0 Å². The van der Waals surface area contributed by atoms with E-state index in [0.29, 0.717) is 0 Å². The third-order valence-corrected chi connectivity index (χ3v) is 0.500. The molecular formula is C12H27NNaO8. The SMILES string of the molecule is CC(=O)O.CC(=O)O.CC(=O)O.CC(=O)O.CCNCC.[Na]. The molecule has 0 aliphatic carbocycles. The Morgan fingerprint density at radius 1 is 0.636 bits per heavy atom. The summed E-state index contributed by atoms with van der Waals surface area (Å²) in [5.41, 5.74) is 0. The number of carbonyl (C=O) groups is 4. The number of carboxylic acids is 4. The van der Waals surface area contributed by atoms with Crippen molar-refractivity contribution in [3.8, 4) is 0 Å². The minimum atomic E-state index is -0.833. The first-order valence-corrected chi connectivity index (χ1v) is 5.83. The summed E-state index contributed by atoms with van der Waals surface area (Å²) in [5, 5.41) is 32.8. The fourth-order valence-electron chi connectivity index (χ4n) is 0.250. The van der Waals surface area contributed by atoms with E-state index >= 15 is 0 Å². The van der Waals surface area contributed by atoms with Gasteiger partial charge in [-0.2, -0.15) is 0 Å². The van der Waals surface area contributed by atoms with Gasteiger partial charge in [-0.1, -0.05) is 13.8 Å². The van der Waals surface area contributed by atoms with Crippen LogP contribution in [-0.4, -0.2) is 87.0 Å². The Balaban J connectivity index is -0.0000000361. The van der Waals surface area contributed by atoms with Gasteiger partial charge in [0.15, 0.2) is 0 Å². The third-order valence-electron chi connectivity index (χ3n) is 0.500. The van der Waals surface area contributed by atoms with E-state index in [2.05, 4.69) is 19.2 Å². The second kappa shape index (κ2) is 36.8. The maximum atomic E-state index is 9.00. The molecule has 0 aliphatic heterocycles. The fourth-order valence-corrected chi connectivity index (χ4v) is 0.250. The minimum Gasteiger partial charge on any atom is -0.481 e. The van der Waals surface area contributed by atoms with Crippen LogP contribution in [0.1, 0.15) is 41.5 Å². The molecule has 0 rings (SSSR count). The van der Waals surface area contributed by atoms with E-state index in [1.54, 1.807) is 0 Å². The zero-order valence-electron chi connectivity index (χ0n) is 14.3. The second-order valence-corrected chi connectivity index (χ2v) is 3.03. The van der Waals surface area contributed by atoms with Gasteiger partial charge in [-0.25, -0.2) is 0 Å². The van der Waals surface area contributed by atoms with E-state index in [-0.39, 0.29) is 29.6 Å². The first-order valence-electron chi connectivity index (χ1n) is 5.83. The molecule has 0 fully saturated rings. The van der Waals surface area contributed by atoms with Crippen molar-refractivity contribution in [2.24, 2.45) is 0 Å². The molecule has 22 heavy (non-hydrogen) atoms. The first-order chi connectivity index (χ1) is 9.34. The smallest absolute Gasteiger partial charge is 0.300 e. The monoisotopic (exact) mass is 336 g/mol. The van der Waals surface area contributed by atoms with Gasteiger partial charge in [-0.3, -0.25) is 19.2 Å². The van der Waals surface area contributed by atoms with Crippen molar-refractivity contribution in [3.63, 3.8) is 0 Å². The predicted molar refractivity (Wildman–Crippen MR) is 83.2 cm³/mol. The van der Waals surface area contributed by atoms with E-state index in [4.69, 9.17) is 39.6 Å². The Kier molecular flexibility index (Phi) is 62.2. The summed E-state index contributed by atoms with van der Waals surface area (Å²) >= 11 is 0. The standard InChI is InChI=1S/C4H11N.4C2H4O2.Na/c1-3-5-4-2;4*1-2(3)4;/h5H,3-4H2,1-2H3;4*1H3,(H,3,4);. The van der Waals surface area contributed by atoms with Crippen molar-refractivity contribution >= 4 is 53.4 Å². The average Bonchev–Trinajstić information content (AvgIpc) is 2.14. The van der Waals surface area contributed by atoms with Crippen molar-refractivity contribution in [3.05, 3.63) is 0 Å². The molecule has 0 heterocycles. The summed E-state index contributed by atoms with van der Waals surface area (Å²) in [6, 6.07) is 0. The summed E-state index contributed by atoms with van der Waals surface area (Å²) in [4.78, 5) is 36.0. The van der Waals surface area contributed by atoms with E-state index in [1.807, 2.05) is 0 Å². The summed E-state index contributed by atoms with van der Waals surface area (Å²) < 4.78 is 0. The van der Waals surface area contributed by atoms with Crippen LogP contribution in [0.2, 0.25) is 0 Å². The molecule has 0 aliphatic rings. The first kappa shape index (κ1) is 37.2. The molecule has 0 bridgehead atoms. The number of hydrogen-bond donors (Lipinski definition) is 5. The number of carboxylic acid groups (broad SMARTS) is 4.